The van der Waals surface area contributed by atoms with Crippen LogP contribution >= 0.6 is 11.8 Å². The quantitative estimate of drug-likeness (QED) is 0.374. The minimum atomic E-state index is -1.05. The summed E-state index contributed by atoms with van der Waals surface area (Å²) in [7, 11) is 1.46. The normalized spacial score (nSPS) is 10.6. The predicted molar refractivity (Wildman–Crippen MR) is 69.3 cm³/mol. The summed E-state index contributed by atoms with van der Waals surface area (Å²) in [5, 5.41) is 20.2. The van der Waals surface area contributed by atoms with Crippen LogP contribution in [0.4, 0.5) is 5.69 Å². The van der Waals surface area contributed by atoms with Crippen LogP contribution in [0.5, 0.6) is 5.75 Å². The Morgan fingerprint density at radius 3 is 2.83 bits per heavy atom. The number of nitrogens with one attached hydrogen (secondary N) is 1. The van der Waals surface area contributed by atoms with Crippen LogP contribution in [0.15, 0.2) is 23.2 Å². The summed E-state index contributed by atoms with van der Waals surface area (Å²) in [6.45, 7) is 0. The van der Waals surface area contributed by atoms with E-state index >= 15 is 0 Å². The number of benzene rings is 1. The largest absolute Gasteiger partial charge is 0.494 e. The van der Waals surface area contributed by atoms with Crippen molar-refractivity contribution in [3.8, 4) is 11.9 Å². The molecule has 1 aromatic carbocycles. The molecule has 18 heavy (non-hydrogen) atoms. The minimum Gasteiger partial charge on any atom is -0.494 e. The number of amidine groups is 1. The Morgan fingerprint density at radius 2 is 2.33 bits per heavy atom. The van der Waals surface area contributed by atoms with Crippen molar-refractivity contribution in [1.29, 1.82) is 5.26 Å². The molecule has 0 unspecified atom stereocenters. The van der Waals surface area contributed by atoms with E-state index in [1.807, 2.05) is 0 Å². The van der Waals surface area contributed by atoms with Crippen LogP contribution in [0.1, 0.15) is 10.4 Å². The maximum atomic E-state index is 10.9. The highest BCUT2D eigenvalue weighted by Crippen LogP contribution is 2.29. The second-order valence-corrected chi connectivity index (χ2v) is 3.84. The van der Waals surface area contributed by atoms with E-state index < -0.39 is 5.97 Å². The first kappa shape index (κ1) is 13.9. The van der Waals surface area contributed by atoms with Crippen LogP contribution in [-0.4, -0.2) is 29.6 Å². The van der Waals surface area contributed by atoms with Gasteiger partial charge in [-0.2, -0.15) is 5.26 Å². The second-order valence-electron chi connectivity index (χ2n) is 3.05. The monoisotopic (exact) mass is 265 g/mol. The van der Waals surface area contributed by atoms with Crippen molar-refractivity contribution in [3.05, 3.63) is 23.8 Å². The van der Waals surface area contributed by atoms with E-state index in [0.717, 1.165) is 0 Å². The number of ether oxygens (including phenoxy) is 1. The molecule has 2 N–H and O–H groups in total. The molecule has 0 aliphatic heterocycles. The molecule has 7 heteroatoms. The van der Waals surface area contributed by atoms with Gasteiger partial charge in [0.05, 0.1) is 12.7 Å². The van der Waals surface area contributed by atoms with Crippen LogP contribution in [0, 0.1) is 11.5 Å². The van der Waals surface area contributed by atoms with E-state index in [1.165, 1.54) is 37.1 Å². The molecule has 0 saturated heterocycles. The molecule has 0 saturated carbocycles. The van der Waals surface area contributed by atoms with Crippen molar-refractivity contribution in [3.63, 3.8) is 0 Å². The first-order chi connectivity index (χ1) is 8.62. The topological polar surface area (TPSA) is 94.7 Å². The molecule has 1 aromatic rings. The minimum absolute atomic E-state index is 0.104. The number of rotatable bonds is 3. The third kappa shape index (κ3) is 3.40. The summed E-state index contributed by atoms with van der Waals surface area (Å²) >= 11 is 1.24. The maximum absolute atomic E-state index is 10.9. The van der Waals surface area contributed by atoms with Gasteiger partial charge in [-0.25, -0.2) is 9.79 Å². The number of carboxylic acids is 1. The zero-order chi connectivity index (χ0) is 13.5. The molecule has 0 bridgehead atoms. The highest BCUT2D eigenvalue weighted by Gasteiger charge is 2.09. The van der Waals surface area contributed by atoms with Gasteiger partial charge < -0.3 is 9.84 Å². The van der Waals surface area contributed by atoms with Gasteiger partial charge in [-0.05, 0) is 24.5 Å². The molecule has 0 heterocycles. The molecule has 0 spiro atoms. The Hall–Kier alpha value is -2.20. The zero-order valence-corrected chi connectivity index (χ0v) is 10.6. The Morgan fingerprint density at radius 1 is 1.61 bits per heavy atom. The van der Waals surface area contributed by atoms with Crippen LogP contribution in [-0.2, 0) is 0 Å². The summed E-state index contributed by atoms with van der Waals surface area (Å²) in [5.74, 6) is -0.612. The number of methoxy groups -OCH3 is 1. The van der Waals surface area contributed by atoms with Gasteiger partial charge >= 0.3 is 5.97 Å². The van der Waals surface area contributed by atoms with Gasteiger partial charge in [0.1, 0.15) is 11.4 Å². The average molecular weight is 265 g/mol. The number of nitriles is 1. The van der Waals surface area contributed by atoms with Crippen LogP contribution in [0.25, 0.3) is 0 Å². The fourth-order valence-electron chi connectivity index (χ4n) is 1.19. The Kier molecular flexibility index (Phi) is 5.02. The molecule has 1 rings (SSSR count). The number of hydrogen-bond donors (Lipinski definition) is 2. The summed E-state index contributed by atoms with van der Waals surface area (Å²) in [5.41, 5.74) is 0.455. The number of aliphatic imine (C=N–C) groups is 1. The predicted octanol–water partition coefficient (Wildman–Crippen LogP) is 1.81. The van der Waals surface area contributed by atoms with Crippen LogP contribution in [0.2, 0.25) is 0 Å². The molecule has 6 nitrogen and oxygen atoms in total. The van der Waals surface area contributed by atoms with Gasteiger partial charge in [0.25, 0.3) is 0 Å². The Bertz CT molecular complexity index is 523. The fourth-order valence-corrected chi connectivity index (χ4v) is 1.53. The molecule has 0 atom stereocenters. The van der Waals surface area contributed by atoms with Crippen molar-refractivity contribution in [2.24, 2.45) is 4.99 Å². The smallest absolute Gasteiger partial charge is 0.335 e. The summed E-state index contributed by atoms with van der Waals surface area (Å²) in [6.07, 6.45) is 3.50. The van der Waals surface area contributed by atoms with Crippen LogP contribution in [0.3, 0.4) is 0 Å². The standard InChI is InChI=1S/C11H11N3O3S/c1-17-9-4-3-7(10(15)16)5-8(9)14-11(18-2)13-6-12/h3-5H,1-2H3,(H,13,14)(H,15,16). The van der Waals surface area contributed by atoms with Gasteiger partial charge in [0, 0.05) is 0 Å². The first-order valence-corrected chi connectivity index (χ1v) is 6.04. The molecule has 0 fully saturated rings. The lowest BCUT2D eigenvalue weighted by Gasteiger charge is -2.06. The molecule has 0 radical (unpaired) electrons. The number of hydrogen-bond acceptors (Lipinski definition) is 5. The van der Waals surface area contributed by atoms with Gasteiger partial charge in [-0.1, -0.05) is 11.8 Å². The molecule has 0 aliphatic carbocycles. The molecule has 94 valence electrons. The number of thioether (sulfide) groups is 1. The number of carboxylic acid groups (broad SMARTS) is 1. The van der Waals surface area contributed by atoms with Gasteiger partial charge in [-0.15, -0.1) is 0 Å². The lowest BCUT2D eigenvalue weighted by molar-refractivity contribution is 0.0697. The first-order valence-electron chi connectivity index (χ1n) is 4.81. The fraction of sp³-hybridized carbons (Fsp3) is 0.182. The maximum Gasteiger partial charge on any atom is 0.335 e. The second kappa shape index (κ2) is 6.51. The summed E-state index contributed by atoms with van der Waals surface area (Å²) in [4.78, 5) is 15.0. The number of nitrogens with zero attached hydrogens (tertiary/aromatic N) is 2. The number of aromatic carboxylic acids is 1. The average Bonchev–Trinajstić information content (AvgIpc) is 2.37. The highest BCUT2D eigenvalue weighted by molar-refractivity contribution is 8.13. The molecular weight excluding hydrogens is 254 g/mol. The van der Waals surface area contributed by atoms with E-state index in [0.29, 0.717) is 16.6 Å². The number of carbonyl (C=O) groups is 1. The van der Waals surface area contributed by atoms with Crippen molar-refractivity contribution in [2.75, 3.05) is 13.4 Å². The van der Waals surface area contributed by atoms with Crippen molar-refractivity contribution in [2.45, 2.75) is 0 Å². The van der Waals surface area contributed by atoms with Gasteiger partial charge in [0.2, 0.25) is 0 Å². The molecular formula is C11H11N3O3S. The molecule has 0 aliphatic rings. The van der Waals surface area contributed by atoms with Gasteiger partial charge in [0.15, 0.2) is 11.4 Å². The Labute approximate surface area is 108 Å². The van der Waals surface area contributed by atoms with E-state index in [-0.39, 0.29) is 5.56 Å². The van der Waals surface area contributed by atoms with Crippen molar-refractivity contribution < 1.29 is 14.6 Å². The third-order valence-corrected chi connectivity index (χ3v) is 2.58. The Balaban J connectivity index is 3.23. The molecule has 0 amide bonds. The highest BCUT2D eigenvalue weighted by atomic mass is 32.2. The van der Waals surface area contributed by atoms with Crippen molar-refractivity contribution in [1.82, 2.24) is 5.32 Å². The van der Waals surface area contributed by atoms with E-state index in [1.54, 1.807) is 12.4 Å². The SMILES string of the molecule is COc1ccc(C(=O)O)cc1N=C(NC#N)SC. The summed E-state index contributed by atoms with van der Waals surface area (Å²) < 4.78 is 5.08. The van der Waals surface area contributed by atoms with E-state index in [2.05, 4.69) is 10.3 Å². The van der Waals surface area contributed by atoms with Crippen LogP contribution < -0.4 is 10.1 Å². The van der Waals surface area contributed by atoms with Crippen molar-refractivity contribution >= 4 is 28.6 Å². The third-order valence-electron chi connectivity index (χ3n) is 2.00. The van der Waals surface area contributed by atoms with E-state index in [9.17, 15) is 4.79 Å². The lowest BCUT2D eigenvalue weighted by Crippen LogP contribution is -2.12. The lowest BCUT2D eigenvalue weighted by atomic mass is 10.2. The summed E-state index contributed by atoms with van der Waals surface area (Å²) in [6, 6.07) is 4.33. The van der Waals surface area contributed by atoms with Gasteiger partial charge in [-0.3, -0.25) is 5.32 Å². The van der Waals surface area contributed by atoms with E-state index in [4.69, 9.17) is 15.1 Å². The zero-order valence-electron chi connectivity index (χ0n) is 9.80. The molecule has 0 aromatic heterocycles.